The standard InChI is InChI=1S/C14H22ClN2/c1-16-9-5-6-14(17(2,3)4)12-10-11(15)7-8-13(12)16/h7-8,10,14H,5-6,9H2,1-4H3/q+1. The number of hydrogen-bond donors (Lipinski definition) is 0. The quantitative estimate of drug-likeness (QED) is 0.694. The Morgan fingerprint density at radius 1 is 1.29 bits per heavy atom. The molecule has 1 aliphatic heterocycles. The fourth-order valence-electron chi connectivity index (χ4n) is 2.74. The van der Waals surface area contributed by atoms with Crippen molar-refractivity contribution in [3.8, 4) is 0 Å². The Hall–Kier alpha value is -0.730. The summed E-state index contributed by atoms with van der Waals surface area (Å²) < 4.78 is 0.960. The lowest BCUT2D eigenvalue weighted by Gasteiger charge is -2.34. The number of fused-ring (bicyclic) bond motifs is 1. The molecule has 0 aromatic heterocycles. The van der Waals surface area contributed by atoms with Crippen LogP contribution < -0.4 is 4.90 Å². The summed E-state index contributed by atoms with van der Waals surface area (Å²) in [6.45, 7) is 1.13. The second-order valence-corrected chi connectivity index (χ2v) is 6.34. The predicted molar refractivity (Wildman–Crippen MR) is 74.7 cm³/mol. The number of anilines is 1. The van der Waals surface area contributed by atoms with Gasteiger partial charge in [-0.2, -0.15) is 0 Å². The van der Waals surface area contributed by atoms with Crippen molar-refractivity contribution < 1.29 is 4.48 Å². The smallest absolute Gasteiger partial charge is 0.116 e. The first-order valence-electron chi connectivity index (χ1n) is 6.21. The van der Waals surface area contributed by atoms with Crippen LogP contribution in [-0.2, 0) is 0 Å². The summed E-state index contributed by atoms with van der Waals surface area (Å²) >= 11 is 6.17. The third-order valence-corrected chi connectivity index (χ3v) is 3.90. The minimum Gasteiger partial charge on any atom is -0.374 e. The highest BCUT2D eigenvalue weighted by molar-refractivity contribution is 6.30. The summed E-state index contributed by atoms with van der Waals surface area (Å²) in [7, 11) is 8.97. The molecule has 1 aliphatic rings. The Bertz CT molecular complexity index is 409. The lowest BCUT2D eigenvalue weighted by Crippen LogP contribution is -2.38. The number of rotatable bonds is 1. The van der Waals surface area contributed by atoms with E-state index >= 15 is 0 Å². The van der Waals surface area contributed by atoms with E-state index in [-0.39, 0.29) is 0 Å². The molecule has 1 aromatic rings. The Kier molecular flexibility index (Phi) is 3.37. The first kappa shape index (κ1) is 12.7. The summed E-state index contributed by atoms with van der Waals surface area (Å²) in [5, 5.41) is 0.845. The minimum atomic E-state index is 0.536. The van der Waals surface area contributed by atoms with Gasteiger partial charge >= 0.3 is 0 Å². The molecule has 0 amide bonds. The summed E-state index contributed by atoms with van der Waals surface area (Å²) in [5.74, 6) is 0. The van der Waals surface area contributed by atoms with E-state index in [2.05, 4.69) is 45.2 Å². The number of halogens is 1. The molecule has 0 saturated heterocycles. The maximum absolute atomic E-state index is 6.17. The molecule has 17 heavy (non-hydrogen) atoms. The summed E-state index contributed by atoms with van der Waals surface area (Å²) in [6, 6.07) is 6.83. The molecule has 0 N–H and O–H groups in total. The highest BCUT2D eigenvalue weighted by Gasteiger charge is 2.30. The number of hydrogen-bond acceptors (Lipinski definition) is 1. The second kappa shape index (κ2) is 4.51. The highest BCUT2D eigenvalue weighted by Crippen LogP contribution is 2.38. The molecule has 0 radical (unpaired) electrons. The minimum absolute atomic E-state index is 0.536. The van der Waals surface area contributed by atoms with E-state index < -0.39 is 0 Å². The molecule has 94 valence electrons. The molecule has 1 heterocycles. The van der Waals surface area contributed by atoms with Gasteiger partial charge in [0.15, 0.2) is 0 Å². The zero-order valence-corrected chi connectivity index (χ0v) is 12.0. The maximum atomic E-state index is 6.17. The van der Waals surface area contributed by atoms with Crippen molar-refractivity contribution in [3.63, 3.8) is 0 Å². The van der Waals surface area contributed by atoms with Crippen LogP contribution in [0.3, 0.4) is 0 Å². The summed E-state index contributed by atoms with van der Waals surface area (Å²) in [6.07, 6.45) is 2.46. The van der Waals surface area contributed by atoms with Crippen molar-refractivity contribution >= 4 is 17.3 Å². The largest absolute Gasteiger partial charge is 0.374 e. The Morgan fingerprint density at radius 3 is 2.65 bits per heavy atom. The van der Waals surface area contributed by atoms with E-state index in [4.69, 9.17) is 11.6 Å². The molecule has 0 fully saturated rings. The van der Waals surface area contributed by atoms with E-state index in [0.29, 0.717) is 6.04 Å². The predicted octanol–water partition coefficient (Wildman–Crippen LogP) is 3.32. The molecule has 0 saturated carbocycles. The van der Waals surface area contributed by atoms with Crippen molar-refractivity contribution in [3.05, 3.63) is 28.8 Å². The average molecular weight is 254 g/mol. The Labute approximate surface area is 109 Å². The van der Waals surface area contributed by atoms with Gasteiger partial charge in [-0.1, -0.05) is 11.6 Å². The summed E-state index contributed by atoms with van der Waals surface area (Å²) in [4.78, 5) is 2.35. The van der Waals surface area contributed by atoms with E-state index in [1.165, 1.54) is 24.1 Å². The van der Waals surface area contributed by atoms with Gasteiger partial charge in [0.05, 0.1) is 21.1 Å². The molecule has 2 rings (SSSR count). The van der Waals surface area contributed by atoms with E-state index in [9.17, 15) is 0 Å². The Morgan fingerprint density at radius 2 is 2.00 bits per heavy atom. The van der Waals surface area contributed by atoms with Crippen LogP contribution in [0.25, 0.3) is 0 Å². The average Bonchev–Trinajstić information content (AvgIpc) is 2.37. The van der Waals surface area contributed by atoms with Gasteiger partial charge in [0.25, 0.3) is 0 Å². The lowest BCUT2D eigenvalue weighted by atomic mass is 9.99. The van der Waals surface area contributed by atoms with E-state index in [1.807, 2.05) is 6.07 Å². The van der Waals surface area contributed by atoms with Crippen LogP contribution >= 0.6 is 11.6 Å². The molecule has 0 bridgehead atoms. The topological polar surface area (TPSA) is 3.24 Å². The monoisotopic (exact) mass is 253 g/mol. The van der Waals surface area contributed by atoms with Crippen LogP contribution in [0, 0.1) is 0 Å². The van der Waals surface area contributed by atoms with Gasteiger partial charge in [0.2, 0.25) is 0 Å². The fraction of sp³-hybridized carbons (Fsp3) is 0.571. The van der Waals surface area contributed by atoms with Crippen LogP contribution in [0.15, 0.2) is 18.2 Å². The van der Waals surface area contributed by atoms with Gasteiger partial charge in [-0.3, -0.25) is 0 Å². The molecule has 1 unspecified atom stereocenters. The number of benzene rings is 1. The van der Waals surface area contributed by atoms with Gasteiger partial charge in [0, 0.05) is 36.3 Å². The van der Waals surface area contributed by atoms with Crippen LogP contribution in [0.4, 0.5) is 5.69 Å². The van der Waals surface area contributed by atoms with Crippen LogP contribution in [0.2, 0.25) is 5.02 Å². The normalized spacial score (nSPS) is 21.0. The summed E-state index contributed by atoms with van der Waals surface area (Å²) in [5.41, 5.74) is 2.73. The second-order valence-electron chi connectivity index (χ2n) is 5.90. The van der Waals surface area contributed by atoms with Crippen molar-refractivity contribution in [1.82, 2.24) is 0 Å². The zero-order valence-electron chi connectivity index (χ0n) is 11.2. The SMILES string of the molecule is CN1CCCC([N+](C)(C)C)c2cc(Cl)ccc21. The van der Waals surface area contributed by atoms with Crippen LogP contribution in [-0.4, -0.2) is 39.2 Å². The van der Waals surface area contributed by atoms with Gasteiger partial charge < -0.3 is 9.38 Å². The van der Waals surface area contributed by atoms with Gasteiger partial charge in [0.1, 0.15) is 6.04 Å². The fourth-order valence-corrected chi connectivity index (χ4v) is 2.92. The molecule has 1 atom stereocenters. The van der Waals surface area contributed by atoms with E-state index in [1.54, 1.807) is 0 Å². The first-order chi connectivity index (χ1) is 7.89. The maximum Gasteiger partial charge on any atom is 0.116 e. The number of quaternary nitrogens is 1. The molecule has 3 heteroatoms. The van der Waals surface area contributed by atoms with Gasteiger partial charge in [-0.15, -0.1) is 0 Å². The first-order valence-corrected chi connectivity index (χ1v) is 6.59. The van der Waals surface area contributed by atoms with Gasteiger partial charge in [-0.05, 0) is 24.6 Å². The molecule has 2 nitrogen and oxygen atoms in total. The number of nitrogens with zero attached hydrogens (tertiary/aromatic N) is 2. The molecule has 0 spiro atoms. The lowest BCUT2D eigenvalue weighted by molar-refractivity contribution is -0.902. The van der Waals surface area contributed by atoms with Crippen molar-refractivity contribution in [2.45, 2.75) is 18.9 Å². The van der Waals surface area contributed by atoms with E-state index in [0.717, 1.165) is 16.1 Å². The highest BCUT2D eigenvalue weighted by atomic mass is 35.5. The third-order valence-electron chi connectivity index (χ3n) is 3.67. The Balaban J connectivity index is 2.52. The van der Waals surface area contributed by atoms with Crippen LogP contribution in [0.5, 0.6) is 0 Å². The molecular weight excluding hydrogens is 232 g/mol. The molecular formula is C14H22ClN2+. The molecule has 1 aromatic carbocycles. The van der Waals surface area contributed by atoms with Crippen molar-refractivity contribution in [2.75, 3.05) is 39.6 Å². The molecule has 0 aliphatic carbocycles. The van der Waals surface area contributed by atoms with Crippen molar-refractivity contribution in [1.29, 1.82) is 0 Å². The van der Waals surface area contributed by atoms with Crippen molar-refractivity contribution in [2.24, 2.45) is 0 Å². The van der Waals surface area contributed by atoms with Gasteiger partial charge in [-0.25, -0.2) is 0 Å². The zero-order chi connectivity index (χ0) is 12.6. The third kappa shape index (κ3) is 2.58. The van der Waals surface area contributed by atoms with Crippen LogP contribution in [0.1, 0.15) is 24.4 Å².